The van der Waals surface area contributed by atoms with Gasteiger partial charge in [-0.15, -0.1) is 0 Å². The molecule has 6 rings (SSSR count). The van der Waals surface area contributed by atoms with Crippen LogP contribution in [0.2, 0.25) is 0 Å². The van der Waals surface area contributed by atoms with Crippen LogP contribution in [0.15, 0.2) is 73.1 Å². The fourth-order valence-electron chi connectivity index (χ4n) is 5.11. The van der Waals surface area contributed by atoms with Gasteiger partial charge in [-0.1, -0.05) is 0 Å². The zero-order valence-electron chi connectivity index (χ0n) is 24.7. The Morgan fingerprint density at radius 3 is 2.44 bits per heavy atom. The van der Waals surface area contributed by atoms with Crippen LogP contribution in [0, 0.1) is 17.6 Å². The second-order valence-electron chi connectivity index (χ2n) is 10.5. The van der Waals surface area contributed by atoms with Gasteiger partial charge in [-0.3, -0.25) is 9.78 Å². The number of carbonyl (C=O) groups excluding carboxylic acids is 1. The molecule has 0 spiro atoms. The van der Waals surface area contributed by atoms with Crippen molar-refractivity contribution in [1.29, 1.82) is 0 Å². The Morgan fingerprint density at radius 2 is 1.71 bits per heavy atom. The standard InChI is InChI=1S/C33H31F2N5O5/c1-42-29-16-24-26(17-30(29)44-19-20-9-12-36-13-10-20)37-14-11-27(24)45-28-8-5-22(15-25(28)35)38-33(41)32-31(43-2)18-40(39-32)23-6-3-21(34)4-7-23/h3-8,11,14-18,20,36H,9-10,12-13,19H2,1-2H3,(H,38,41). The zero-order chi connectivity index (χ0) is 31.3. The molecule has 0 saturated carbocycles. The molecule has 1 fully saturated rings. The van der Waals surface area contributed by atoms with Crippen molar-refractivity contribution in [3.8, 4) is 34.4 Å². The van der Waals surface area contributed by atoms with Gasteiger partial charge in [0.25, 0.3) is 5.91 Å². The number of nitrogens with zero attached hydrogens (tertiary/aromatic N) is 3. The first-order valence-corrected chi connectivity index (χ1v) is 14.4. The number of hydrogen-bond acceptors (Lipinski definition) is 8. The fraction of sp³-hybridized carbons (Fsp3) is 0.242. The number of aromatic nitrogens is 3. The highest BCUT2D eigenvalue weighted by molar-refractivity contribution is 6.04. The van der Waals surface area contributed by atoms with E-state index in [1.165, 1.54) is 54.4 Å². The maximum atomic E-state index is 15.3. The largest absolute Gasteiger partial charge is 0.493 e. The topological polar surface area (TPSA) is 109 Å². The van der Waals surface area contributed by atoms with Crippen molar-refractivity contribution >= 4 is 22.5 Å². The van der Waals surface area contributed by atoms with Gasteiger partial charge >= 0.3 is 0 Å². The molecule has 2 aromatic heterocycles. The van der Waals surface area contributed by atoms with E-state index in [1.807, 2.05) is 0 Å². The van der Waals surface area contributed by atoms with Gasteiger partial charge in [0.05, 0.1) is 38.2 Å². The Labute approximate surface area is 257 Å². The number of benzene rings is 3. The van der Waals surface area contributed by atoms with Crippen LogP contribution in [0.1, 0.15) is 23.3 Å². The average molecular weight is 616 g/mol. The number of hydrogen-bond donors (Lipinski definition) is 2. The molecule has 0 radical (unpaired) electrons. The molecule has 1 saturated heterocycles. The van der Waals surface area contributed by atoms with Crippen molar-refractivity contribution in [1.82, 2.24) is 20.1 Å². The SMILES string of the molecule is COc1cc2c(Oc3ccc(NC(=O)c4nn(-c5ccc(F)cc5)cc4OC)cc3F)ccnc2cc1OCC1CCNCC1. The van der Waals surface area contributed by atoms with E-state index in [9.17, 15) is 9.18 Å². The second kappa shape index (κ2) is 13.2. The monoisotopic (exact) mass is 615 g/mol. The summed E-state index contributed by atoms with van der Waals surface area (Å²) in [6.45, 7) is 2.54. The fourth-order valence-corrected chi connectivity index (χ4v) is 5.11. The molecule has 5 aromatic rings. The molecule has 10 nitrogen and oxygen atoms in total. The van der Waals surface area contributed by atoms with Crippen LogP contribution < -0.4 is 29.6 Å². The molecule has 1 aliphatic heterocycles. The van der Waals surface area contributed by atoms with Crippen LogP contribution in [0.3, 0.4) is 0 Å². The molecule has 0 aliphatic carbocycles. The van der Waals surface area contributed by atoms with Gasteiger partial charge < -0.3 is 29.6 Å². The van der Waals surface area contributed by atoms with E-state index in [2.05, 4.69) is 20.7 Å². The van der Waals surface area contributed by atoms with Gasteiger partial charge in [0.15, 0.2) is 34.5 Å². The third-order valence-corrected chi connectivity index (χ3v) is 7.54. The predicted octanol–water partition coefficient (Wildman–Crippen LogP) is 6.14. The number of methoxy groups -OCH3 is 2. The normalized spacial score (nSPS) is 13.4. The van der Waals surface area contributed by atoms with Gasteiger partial charge in [-0.05, 0) is 80.4 Å². The molecule has 232 valence electrons. The predicted molar refractivity (Wildman–Crippen MR) is 164 cm³/mol. The number of ether oxygens (including phenoxy) is 4. The maximum Gasteiger partial charge on any atom is 0.280 e. The first-order chi connectivity index (χ1) is 21.9. The van der Waals surface area contributed by atoms with Crippen LogP contribution in [-0.4, -0.2) is 54.6 Å². The van der Waals surface area contributed by atoms with Gasteiger partial charge in [0.1, 0.15) is 11.6 Å². The first-order valence-electron chi connectivity index (χ1n) is 14.4. The van der Waals surface area contributed by atoms with Gasteiger partial charge in [0, 0.05) is 29.4 Å². The molecule has 3 aromatic carbocycles. The number of fused-ring (bicyclic) bond motifs is 1. The summed E-state index contributed by atoms with van der Waals surface area (Å²) in [6.07, 6.45) is 5.18. The van der Waals surface area contributed by atoms with E-state index < -0.39 is 17.5 Å². The van der Waals surface area contributed by atoms with Gasteiger partial charge in [0.2, 0.25) is 0 Å². The van der Waals surface area contributed by atoms with Crippen molar-refractivity contribution in [3.63, 3.8) is 0 Å². The molecule has 1 amide bonds. The van der Waals surface area contributed by atoms with Crippen molar-refractivity contribution in [2.24, 2.45) is 5.92 Å². The number of halogens is 2. The summed E-state index contributed by atoms with van der Waals surface area (Å²) in [4.78, 5) is 17.5. The number of piperidine rings is 1. The molecule has 0 atom stereocenters. The maximum absolute atomic E-state index is 15.3. The van der Waals surface area contributed by atoms with Gasteiger partial charge in [-0.25, -0.2) is 13.5 Å². The molecule has 3 heterocycles. The number of amides is 1. The van der Waals surface area contributed by atoms with E-state index in [4.69, 9.17) is 18.9 Å². The summed E-state index contributed by atoms with van der Waals surface area (Å²) < 4.78 is 53.0. The first kappa shape index (κ1) is 29.8. The summed E-state index contributed by atoms with van der Waals surface area (Å²) in [5.74, 6) is 0.358. The summed E-state index contributed by atoms with van der Waals surface area (Å²) in [5.41, 5.74) is 1.29. The average Bonchev–Trinajstić information content (AvgIpc) is 3.50. The minimum absolute atomic E-state index is 0.0288. The van der Waals surface area contributed by atoms with E-state index in [0.29, 0.717) is 46.4 Å². The number of anilines is 1. The number of carbonyl (C=O) groups is 1. The van der Waals surface area contributed by atoms with E-state index in [1.54, 1.807) is 31.5 Å². The molecule has 0 unspecified atom stereocenters. The van der Waals surface area contributed by atoms with Crippen LogP contribution in [0.5, 0.6) is 28.7 Å². The smallest absolute Gasteiger partial charge is 0.280 e. The van der Waals surface area contributed by atoms with E-state index in [-0.39, 0.29) is 22.9 Å². The quantitative estimate of drug-likeness (QED) is 0.193. The molecule has 12 heteroatoms. The summed E-state index contributed by atoms with van der Waals surface area (Å²) in [6, 6.07) is 14.9. The highest BCUT2D eigenvalue weighted by Crippen LogP contribution is 2.38. The Morgan fingerprint density at radius 1 is 0.933 bits per heavy atom. The van der Waals surface area contributed by atoms with Crippen molar-refractivity contribution < 1.29 is 32.5 Å². The third kappa shape index (κ3) is 6.65. The van der Waals surface area contributed by atoms with E-state index >= 15 is 4.39 Å². The van der Waals surface area contributed by atoms with E-state index in [0.717, 1.165) is 32.0 Å². The lowest BCUT2D eigenvalue weighted by Crippen LogP contribution is -2.30. The second-order valence-corrected chi connectivity index (χ2v) is 10.5. The molecule has 2 N–H and O–H groups in total. The molecule has 0 bridgehead atoms. The van der Waals surface area contributed by atoms with Crippen LogP contribution in [0.25, 0.3) is 16.6 Å². The van der Waals surface area contributed by atoms with Crippen LogP contribution >= 0.6 is 0 Å². The Bertz CT molecular complexity index is 1820. The summed E-state index contributed by atoms with van der Waals surface area (Å²) in [7, 11) is 2.96. The Balaban J connectivity index is 1.18. The Kier molecular flexibility index (Phi) is 8.74. The minimum Gasteiger partial charge on any atom is -0.493 e. The number of pyridine rings is 1. The summed E-state index contributed by atoms with van der Waals surface area (Å²) in [5, 5.41) is 10.9. The molecular weight excluding hydrogens is 584 g/mol. The molecule has 1 aliphatic rings. The van der Waals surface area contributed by atoms with Crippen molar-refractivity contribution in [3.05, 3.63) is 90.4 Å². The molecular formula is C33H31F2N5O5. The Hall–Kier alpha value is -5.23. The number of nitrogens with one attached hydrogen (secondary N) is 2. The minimum atomic E-state index is -0.699. The van der Waals surface area contributed by atoms with Crippen LogP contribution in [0.4, 0.5) is 14.5 Å². The zero-order valence-corrected chi connectivity index (χ0v) is 24.7. The van der Waals surface area contributed by atoms with Crippen molar-refractivity contribution in [2.75, 3.05) is 39.2 Å². The van der Waals surface area contributed by atoms with Crippen molar-refractivity contribution in [2.45, 2.75) is 12.8 Å². The lowest BCUT2D eigenvalue weighted by molar-refractivity contribution is 0.101. The summed E-state index contributed by atoms with van der Waals surface area (Å²) >= 11 is 0. The number of rotatable bonds is 10. The third-order valence-electron chi connectivity index (χ3n) is 7.54. The molecule has 45 heavy (non-hydrogen) atoms. The lowest BCUT2D eigenvalue weighted by Gasteiger charge is -2.23. The lowest BCUT2D eigenvalue weighted by atomic mass is 9.99. The van der Waals surface area contributed by atoms with Gasteiger partial charge in [-0.2, -0.15) is 5.10 Å². The highest BCUT2D eigenvalue weighted by Gasteiger charge is 2.20. The van der Waals surface area contributed by atoms with Crippen LogP contribution in [-0.2, 0) is 0 Å². The highest BCUT2D eigenvalue weighted by atomic mass is 19.1.